The van der Waals surface area contributed by atoms with Gasteiger partial charge < -0.3 is 9.84 Å². The Bertz CT molecular complexity index is 389. The topological polar surface area (TPSA) is 59.4 Å². The summed E-state index contributed by atoms with van der Waals surface area (Å²) in [5, 5.41) is 9.00. The standard InChI is InChI=1S/C11H13NO3/c1-2-8(11(13)14)9-5-7-3-4-15-10(7)6-12-9/h5-6,8H,2-4H2,1H3,(H,13,14). The molecule has 1 aliphatic rings. The van der Waals surface area contributed by atoms with E-state index in [0.717, 1.165) is 17.7 Å². The SMILES string of the molecule is CCC(C(=O)O)c1cc2c(cn1)OCC2. The lowest BCUT2D eigenvalue weighted by Gasteiger charge is -2.09. The van der Waals surface area contributed by atoms with Gasteiger partial charge in [-0.15, -0.1) is 0 Å². The number of carbonyl (C=O) groups is 1. The van der Waals surface area contributed by atoms with Crippen molar-refractivity contribution in [1.29, 1.82) is 0 Å². The van der Waals surface area contributed by atoms with Crippen LogP contribution in [0.4, 0.5) is 0 Å². The molecule has 0 saturated carbocycles. The lowest BCUT2D eigenvalue weighted by atomic mass is 10.00. The third-order valence-corrected chi connectivity index (χ3v) is 2.66. The fourth-order valence-corrected chi connectivity index (χ4v) is 1.80. The number of aromatic nitrogens is 1. The molecule has 1 aliphatic heterocycles. The van der Waals surface area contributed by atoms with Gasteiger partial charge in [-0.05, 0) is 12.5 Å². The first-order chi connectivity index (χ1) is 7.22. The summed E-state index contributed by atoms with van der Waals surface area (Å²) in [6.45, 7) is 2.52. The van der Waals surface area contributed by atoms with Gasteiger partial charge in [-0.1, -0.05) is 6.92 Å². The summed E-state index contributed by atoms with van der Waals surface area (Å²) in [5.41, 5.74) is 1.70. The zero-order valence-electron chi connectivity index (χ0n) is 8.56. The Kier molecular flexibility index (Phi) is 2.58. The first kappa shape index (κ1) is 9.96. The largest absolute Gasteiger partial charge is 0.491 e. The molecule has 0 saturated heterocycles. The van der Waals surface area contributed by atoms with Gasteiger partial charge in [0.2, 0.25) is 0 Å². The van der Waals surface area contributed by atoms with Crippen LogP contribution in [0.1, 0.15) is 30.5 Å². The van der Waals surface area contributed by atoms with Crippen molar-refractivity contribution >= 4 is 5.97 Å². The van der Waals surface area contributed by atoms with Crippen LogP contribution < -0.4 is 4.74 Å². The van der Waals surface area contributed by atoms with E-state index in [4.69, 9.17) is 9.84 Å². The highest BCUT2D eigenvalue weighted by molar-refractivity contribution is 5.75. The third-order valence-electron chi connectivity index (χ3n) is 2.66. The van der Waals surface area contributed by atoms with Gasteiger partial charge in [0, 0.05) is 12.0 Å². The number of rotatable bonds is 3. The number of carboxylic acid groups (broad SMARTS) is 1. The Hall–Kier alpha value is -1.58. The van der Waals surface area contributed by atoms with E-state index in [9.17, 15) is 4.79 Å². The molecule has 4 nitrogen and oxygen atoms in total. The number of nitrogens with zero attached hydrogens (tertiary/aromatic N) is 1. The summed E-state index contributed by atoms with van der Waals surface area (Å²) in [7, 11) is 0. The molecule has 80 valence electrons. The van der Waals surface area contributed by atoms with Gasteiger partial charge in [0.15, 0.2) is 0 Å². The molecule has 1 aromatic heterocycles. The van der Waals surface area contributed by atoms with Crippen LogP contribution in [0.25, 0.3) is 0 Å². The molecular weight excluding hydrogens is 194 g/mol. The van der Waals surface area contributed by atoms with Crippen molar-refractivity contribution in [2.75, 3.05) is 6.61 Å². The second kappa shape index (κ2) is 3.88. The third kappa shape index (κ3) is 1.79. The molecule has 1 unspecified atom stereocenters. The quantitative estimate of drug-likeness (QED) is 0.817. The highest BCUT2D eigenvalue weighted by Crippen LogP contribution is 2.27. The zero-order valence-corrected chi connectivity index (χ0v) is 8.56. The van der Waals surface area contributed by atoms with Gasteiger partial charge in [0.25, 0.3) is 0 Å². The first-order valence-corrected chi connectivity index (χ1v) is 5.06. The molecule has 0 spiro atoms. The van der Waals surface area contributed by atoms with Crippen LogP contribution >= 0.6 is 0 Å². The average molecular weight is 207 g/mol. The summed E-state index contributed by atoms with van der Waals surface area (Å²) < 4.78 is 5.32. The van der Waals surface area contributed by atoms with Crippen LogP contribution in [0.3, 0.4) is 0 Å². The van der Waals surface area contributed by atoms with Crippen molar-refractivity contribution in [2.24, 2.45) is 0 Å². The van der Waals surface area contributed by atoms with E-state index in [-0.39, 0.29) is 0 Å². The highest BCUT2D eigenvalue weighted by Gasteiger charge is 2.21. The molecule has 1 N–H and O–H groups in total. The number of fused-ring (bicyclic) bond motifs is 1. The van der Waals surface area contributed by atoms with Crippen molar-refractivity contribution in [2.45, 2.75) is 25.7 Å². The highest BCUT2D eigenvalue weighted by atomic mass is 16.5. The Balaban J connectivity index is 2.32. The molecule has 0 fully saturated rings. The molecule has 0 radical (unpaired) electrons. The summed E-state index contributed by atoms with van der Waals surface area (Å²) in [6, 6.07) is 1.85. The van der Waals surface area contributed by atoms with Crippen LogP contribution in [0.2, 0.25) is 0 Å². The zero-order chi connectivity index (χ0) is 10.8. The molecule has 2 rings (SSSR count). The monoisotopic (exact) mass is 207 g/mol. The lowest BCUT2D eigenvalue weighted by molar-refractivity contribution is -0.138. The van der Waals surface area contributed by atoms with E-state index in [0.29, 0.717) is 18.7 Å². The number of hydrogen-bond donors (Lipinski definition) is 1. The molecule has 1 aromatic rings. The summed E-state index contributed by atoms with van der Waals surface area (Å²) in [5.74, 6) is -0.529. The predicted octanol–water partition coefficient (Wildman–Crippen LogP) is 1.59. The number of hydrogen-bond acceptors (Lipinski definition) is 3. The smallest absolute Gasteiger partial charge is 0.312 e. The maximum Gasteiger partial charge on any atom is 0.312 e. The van der Waals surface area contributed by atoms with E-state index in [1.165, 1.54) is 0 Å². The van der Waals surface area contributed by atoms with E-state index in [1.54, 1.807) is 6.20 Å². The number of pyridine rings is 1. The fraction of sp³-hybridized carbons (Fsp3) is 0.455. The van der Waals surface area contributed by atoms with Crippen LogP contribution in [-0.4, -0.2) is 22.7 Å². The van der Waals surface area contributed by atoms with Crippen LogP contribution in [0, 0.1) is 0 Å². The Morgan fingerprint density at radius 3 is 3.20 bits per heavy atom. The fourth-order valence-electron chi connectivity index (χ4n) is 1.80. The second-order valence-electron chi connectivity index (χ2n) is 3.61. The maximum atomic E-state index is 11.0. The van der Waals surface area contributed by atoms with Gasteiger partial charge in [0.05, 0.1) is 24.4 Å². The molecule has 0 aliphatic carbocycles. The van der Waals surface area contributed by atoms with Crippen molar-refractivity contribution in [3.8, 4) is 5.75 Å². The van der Waals surface area contributed by atoms with Gasteiger partial charge in [-0.3, -0.25) is 9.78 Å². The summed E-state index contributed by atoms with van der Waals surface area (Å²) >= 11 is 0. The van der Waals surface area contributed by atoms with E-state index in [1.807, 2.05) is 13.0 Å². The second-order valence-corrected chi connectivity index (χ2v) is 3.61. The number of ether oxygens (including phenoxy) is 1. The van der Waals surface area contributed by atoms with Crippen molar-refractivity contribution in [3.63, 3.8) is 0 Å². The number of aliphatic carboxylic acids is 1. The van der Waals surface area contributed by atoms with Crippen molar-refractivity contribution in [3.05, 3.63) is 23.5 Å². The molecule has 4 heteroatoms. The Labute approximate surface area is 87.9 Å². The molecule has 0 bridgehead atoms. The maximum absolute atomic E-state index is 11.0. The van der Waals surface area contributed by atoms with E-state index < -0.39 is 11.9 Å². The minimum absolute atomic E-state index is 0.504. The van der Waals surface area contributed by atoms with Gasteiger partial charge in [-0.25, -0.2) is 0 Å². The average Bonchev–Trinajstić information content (AvgIpc) is 2.65. The predicted molar refractivity (Wildman–Crippen MR) is 54.1 cm³/mol. The molecule has 0 aromatic carbocycles. The normalized spacial score (nSPS) is 15.5. The molecule has 2 heterocycles. The van der Waals surface area contributed by atoms with E-state index in [2.05, 4.69) is 4.98 Å². The summed E-state index contributed by atoms with van der Waals surface area (Å²) in [4.78, 5) is 15.1. The molecule has 1 atom stereocenters. The van der Waals surface area contributed by atoms with Crippen LogP contribution in [0.15, 0.2) is 12.3 Å². The van der Waals surface area contributed by atoms with Gasteiger partial charge in [-0.2, -0.15) is 0 Å². The van der Waals surface area contributed by atoms with E-state index >= 15 is 0 Å². The van der Waals surface area contributed by atoms with Gasteiger partial charge in [0.1, 0.15) is 5.75 Å². The van der Waals surface area contributed by atoms with Gasteiger partial charge >= 0.3 is 5.97 Å². The molecular formula is C11H13NO3. The summed E-state index contributed by atoms with van der Waals surface area (Å²) in [6.07, 6.45) is 3.03. The van der Waals surface area contributed by atoms with Crippen molar-refractivity contribution in [1.82, 2.24) is 4.98 Å². The Morgan fingerprint density at radius 2 is 2.53 bits per heavy atom. The first-order valence-electron chi connectivity index (χ1n) is 5.06. The van der Waals surface area contributed by atoms with Crippen molar-refractivity contribution < 1.29 is 14.6 Å². The number of carboxylic acids is 1. The molecule has 0 amide bonds. The molecule has 15 heavy (non-hydrogen) atoms. The van der Waals surface area contributed by atoms with Crippen LogP contribution in [0.5, 0.6) is 5.75 Å². The minimum Gasteiger partial charge on any atom is -0.491 e. The van der Waals surface area contributed by atoms with Crippen LogP contribution in [-0.2, 0) is 11.2 Å². The lowest BCUT2D eigenvalue weighted by Crippen LogP contribution is -2.12. The minimum atomic E-state index is -0.816. The Morgan fingerprint density at radius 1 is 1.73 bits per heavy atom.